The van der Waals surface area contributed by atoms with E-state index in [1.165, 1.54) is 32.2 Å². The molecule has 0 bridgehead atoms. The third kappa shape index (κ3) is 6.47. The SMILES string of the molecule is CC(=O)c1cc(-c2cccnc2[C@@H](CC(=O)Cn2nc(C(F)F)c3c2C(C)(O)CCC3)Cc2cc(F)cc(F)c2)ccc1F. The molecule has 1 unspecified atom stereocenters. The van der Waals surface area contributed by atoms with Crippen LogP contribution in [-0.4, -0.2) is 31.4 Å². The van der Waals surface area contributed by atoms with Gasteiger partial charge in [0.2, 0.25) is 0 Å². The van der Waals surface area contributed by atoms with E-state index in [1.54, 1.807) is 12.1 Å². The maximum absolute atomic E-state index is 14.3. The predicted molar refractivity (Wildman–Crippen MR) is 152 cm³/mol. The molecule has 4 aromatic rings. The molecule has 2 aromatic heterocycles. The molecule has 2 atom stereocenters. The van der Waals surface area contributed by atoms with Crippen molar-refractivity contribution in [2.75, 3.05) is 0 Å². The summed E-state index contributed by atoms with van der Waals surface area (Å²) < 4.78 is 71.5. The van der Waals surface area contributed by atoms with E-state index < -0.39 is 59.2 Å². The lowest BCUT2D eigenvalue weighted by Crippen LogP contribution is -2.31. The highest BCUT2D eigenvalue weighted by atomic mass is 19.3. The second-order valence-electron chi connectivity index (χ2n) is 11.4. The van der Waals surface area contributed by atoms with Crippen LogP contribution >= 0.6 is 0 Å². The molecule has 2 heterocycles. The van der Waals surface area contributed by atoms with E-state index >= 15 is 0 Å². The summed E-state index contributed by atoms with van der Waals surface area (Å²) in [5.74, 6) is -4.01. The molecule has 0 spiro atoms. The van der Waals surface area contributed by atoms with E-state index in [9.17, 15) is 36.6 Å². The van der Waals surface area contributed by atoms with Gasteiger partial charge in [0.15, 0.2) is 11.6 Å². The van der Waals surface area contributed by atoms with Crippen LogP contribution in [0.2, 0.25) is 0 Å². The van der Waals surface area contributed by atoms with Crippen molar-refractivity contribution in [2.24, 2.45) is 0 Å². The molecule has 1 aliphatic carbocycles. The van der Waals surface area contributed by atoms with Crippen LogP contribution in [0.4, 0.5) is 22.0 Å². The van der Waals surface area contributed by atoms with Crippen molar-refractivity contribution in [3.05, 3.63) is 106 Å². The molecule has 0 radical (unpaired) electrons. The molecule has 230 valence electrons. The highest BCUT2D eigenvalue weighted by Crippen LogP contribution is 2.40. The normalized spacial score (nSPS) is 17.0. The Labute approximate surface area is 250 Å². The van der Waals surface area contributed by atoms with Crippen molar-refractivity contribution < 1.29 is 36.6 Å². The molecule has 11 heteroatoms. The van der Waals surface area contributed by atoms with Gasteiger partial charge in [-0.05, 0) is 81.0 Å². The van der Waals surface area contributed by atoms with Crippen molar-refractivity contribution in [2.45, 2.75) is 70.4 Å². The van der Waals surface area contributed by atoms with Gasteiger partial charge in [-0.15, -0.1) is 0 Å². The lowest BCUT2D eigenvalue weighted by atomic mass is 9.84. The van der Waals surface area contributed by atoms with Gasteiger partial charge in [-0.3, -0.25) is 19.3 Å². The first-order valence-corrected chi connectivity index (χ1v) is 14.2. The summed E-state index contributed by atoms with van der Waals surface area (Å²) in [6.45, 7) is 2.31. The molecule has 44 heavy (non-hydrogen) atoms. The zero-order valence-corrected chi connectivity index (χ0v) is 24.1. The fourth-order valence-electron chi connectivity index (χ4n) is 6.12. The van der Waals surface area contributed by atoms with Crippen molar-refractivity contribution in [1.29, 1.82) is 0 Å². The summed E-state index contributed by atoms with van der Waals surface area (Å²) in [5, 5.41) is 15.0. The van der Waals surface area contributed by atoms with Crippen LogP contribution in [-0.2, 0) is 29.8 Å². The molecule has 0 aliphatic heterocycles. The summed E-state index contributed by atoms with van der Waals surface area (Å²) in [7, 11) is 0. The first kappa shape index (κ1) is 31.2. The number of fused-ring (bicyclic) bond motifs is 1. The fraction of sp³-hybridized carbons (Fsp3) is 0.333. The van der Waals surface area contributed by atoms with E-state index in [0.717, 1.165) is 28.9 Å². The Morgan fingerprint density at radius 1 is 1.05 bits per heavy atom. The van der Waals surface area contributed by atoms with Crippen molar-refractivity contribution >= 4 is 11.6 Å². The summed E-state index contributed by atoms with van der Waals surface area (Å²) in [6.07, 6.45) is -0.572. The topological polar surface area (TPSA) is 85.1 Å². The van der Waals surface area contributed by atoms with Gasteiger partial charge in [-0.25, -0.2) is 22.0 Å². The van der Waals surface area contributed by atoms with Gasteiger partial charge in [0.1, 0.15) is 28.7 Å². The van der Waals surface area contributed by atoms with E-state index in [2.05, 4.69) is 10.1 Å². The average molecular weight is 612 g/mol. The number of halogens is 5. The number of hydrogen-bond donors (Lipinski definition) is 1. The number of aliphatic hydroxyl groups is 1. The Kier molecular flexibility index (Phi) is 8.78. The minimum atomic E-state index is -2.89. The number of alkyl halides is 2. The predicted octanol–water partition coefficient (Wildman–Crippen LogP) is 7.03. The smallest absolute Gasteiger partial charge is 0.282 e. The first-order chi connectivity index (χ1) is 20.8. The van der Waals surface area contributed by atoms with Crippen LogP contribution in [0.25, 0.3) is 11.1 Å². The fourth-order valence-corrected chi connectivity index (χ4v) is 6.12. The summed E-state index contributed by atoms with van der Waals surface area (Å²) in [4.78, 5) is 30.2. The maximum Gasteiger partial charge on any atom is 0.282 e. The van der Waals surface area contributed by atoms with Crippen LogP contribution < -0.4 is 0 Å². The number of aromatic nitrogens is 3. The van der Waals surface area contributed by atoms with Gasteiger partial charge in [0.05, 0.1) is 23.5 Å². The van der Waals surface area contributed by atoms with Gasteiger partial charge in [-0.2, -0.15) is 5.10 Å². The highest BCUT2D eigenvalue weighted by Gasteiger charge is 2.38. The van der Waals surface area contributed by atoms with Crippen molar-refractivity contribution in [1.82, 2.24) is 14.8 Å². The molecule has 0 saturated heterocycles. The standard InChI is InChI=1S/C33H30F5N3O3/c1-18(42)27-15-20(7-8-28(27)36)25-6-4-10-39-29(25)21(11-19-12-22(34)16-23(35)13-19)14-24(43)17-41-31-26(30(40-41)32(37)38)5-3-9-33(31,2)44/h4,6-8,10,12-13,15-16,21,32,44H,3,5,9,11,14,17H2,1-2H3/t21-,33?/m1/s1. The Morgan fingerprint density at radius 3 is 2.45 bits per heavy atom. The van der Waals surface area contributed by atoms with E-state index in [0.29, 0.717) is 36.1 Å². The summed E-state index contributed by atoms with van der Waals surface area (Å²) in [6, 6.07) is 10.3. The number of ketones is 2. The van der Waals surface area contributed by atoms with Crippen molar-refractivity contribution in [3.8, 4) is 11.1 Å². The Morgan fingerprint density at radius 2 is 1.77 bits per heavy atom. The number of benzene rings is 2. The van der Waals surface area contributed by atoms with Crippen LogP contribution in [0.5, 0.6) is 0 Å². The quantitative estimate of drug-likeness (QED) is 0.154. The number of Topliss-reactive ketones (excluding diaryl/α,β-unsaturated/α-hetero) is 2. The third-order valence-electron chi connectivity index (χ3n) is 7.98. The maximum atomic E-state index is 14.3. The highest BCUT2D eigenvalue weighted by molar-refractivity contribution is 5.95. The van der Waals surface area contributed by atoms with E-state index in [-0.39, 0.29) is 35.2 Å². The summed E-state index contributed by atoms with van der Waals surface area (Å²) in [5.41, 5.74) is -0.123. The lowest BCUT2D eigenvalue weighted by molar-refractivity contribution is -0.120. The monoisotopic (exact) mass is 611 g/mol. The molecule has 0 fully saturated rings. The molecule has 1 aliphatic rings. The summed E-state index contributed by atoms with van der Waals surface area (Å²) >= 11 is 0. The average Bonchev–Trinajstić information content (AvgIpc) is 3.32. The van der Waals surface area contributed by atoms with E-state index in [4.69, 9.17) is 0 Å². The van der Waals surface area contributed by atoms with Crippen LogP contribution in [0.15, 0.2) is 54.7 Å². The number of hydrogen-bond acceptors (Lipinski definition) is 5. The zero-order valence-electron chi connectivity index (χ0n) is 24.1. The van der Waals surface area contributed by atoms with Gasteiger partial charge < -0.3 is 5.11 Å². The molecule has 1 N–H and O–H groups in total. The van der Waals surface area contributed by atoms with Crippen LogP contribution in [0.3, 0.4) is 0 Å². The molecule has 0 amide bonds. The molecular formula is C33H30F5N3O3. The zero-order chi connectivity index (χ0) is 31.8. The van der Waals surface area contributed by atoms with Gasteiger partial charge >= 0.3 is 0 Å². The van der Waals surface area contributed by atoms with Crippen LogP contribution in [0, 0.1) is 17.5 Å². The van der Waals surface area contributed by atoms with E-state index in [1.807, 2.05) is 0 Å². The first-order valence-electron chi connectivity index (χ1n) is 14.2. The number of nitrogens with zero attached hydrogens (tertiary/aromatic N) is 3. The Hall–Kier alpha value is -4.25. The minimum Gasteiger partial charge on any atom is -0.384 e. The molecule has 6 nitrogen and oxygen atoms in total. The second kappa shape index (κ2) is 12.4. The van der Waals surface area contributed by atoms with Crippen LogP contribution in [0.1, 0.15) is 84.0 Å². The number of pyridine rings is 1. The second-order valence-corrected chi connectivity index (χ2v) is 11.4. The largest absolute Gasteiger partial charge is 0.384 e. The van der Waals surface area contributed by atoms with Gasteiger partial charge in [0.25, 0.3) is 6.43 Å². The number of carbonyl (C=O) groups is 2. The number of carbonyl (C=O) groups excluding carboxylic acids is 2. The molecule has 5 rings (SSSR count). The van der Waals surface area contributed by atoms with Gasteiger partial charge in [-0.1, -0.05) is 12.1 Å². The number of rotatable bonds is 10. The van der Waals surface area contributed by atoms with Gasteiger partial charge in [0, 0.05) is 35.7 Å². The molecular weight excluding hydrogens is 581 g/mol. The third-order valence-corrected chi connectivity index (χ3v) is 7.98. The Bertz CT molecular complexity index is 1710. The minimum absolute atomic E-state index is 0.0254. The molecule has 0 saturated carbocycles. The Balaban J connectivity index is 1.54. The van der Waals surface area contributed by atoms with Crippen molar-refractivity contribution in [3.63, 3.8) is 0 Å². The lowest BCUT2D eigenvalue weighted by Gasteiger charge is -2.30. The molecule has 2 aromatic carbocycles.